The third kappa shape index (κ3) is 2.20. The molecule has 6 nitrogen and oxygen atoms in total. The van der Waals surface area contributed by atoms with E-state index in [9.17, 15) is 14.0 Å². The Bertz CT molecular complexity index is 1030. The van der Waals surface area contributed by atoms with Gasteiger partial charge in [-0.05, 0) is 25.1 Å². The van der Waals surface area contributed by atoms with Gasteiger partial charge in [0.25, 0.3) is 0 Å². The molecule has 110 valence electrons. The molecule has 0 N–H and O–H groups in total. The van der Waals surface area contributed by atoms with Crippen molar-refractivity contribution in [2.45, 2.75) is 13.5 Å². The van der Waals surface area contributed by atoms with Crippen LogP contribution in [0.25, 0.3) is 11.3 Å². The maximum Gasteiger partial charge on any atom is 0.351 e. The second-order valence-corrected chi connectivity index (χ2v) is 4.51. The average Bonchev–Trinajstić information content (AvgIpc) is 2.83. The summed E-state index contributed by atoms with van der Waals surface area (Å²) in [7, 11) is 0. The minimum atomic E-state index is -0.506. The van der Waals surface area contributed by atoms with Crippen LogP contribution in [0.4, 0.5) is 4.39 Å². The number of rotatable bonds is 2. The van der Waals surface area contributed by atoms with Gasteiger partial charge in [0, 0.05) is 12.4 Å². The fourth-order valence-corrected chi connectivity index (χ4v) is 2.10. The maximum absolute atomic E-state index is 13.3. The number of hydrogen-bond donors (Lipinski definition) is 0. The van der Waals surface area contributed by atoms with E-state index in [2.05, 4.69) is 16.9 Å². The first-order valence-corrected chi connectivity index (χ1v) is 6.48. The highest BCUT2D eigenvalue weighted by Gasteiger charge is 2.12. The van der Waals surface area contributed by atoms with Crippen LogP contribution in [0, 0.1) is 17.7 Å². The van der Waals surface area contributed by atoms with E-state index >= 15 is 0 Å². The lowest BCUT2D eigenvalue weighted by molar-refractivity contribution is 0.626. The molecule has 0 saturated carbocycles. The molecule has 0 radical (unpaired) electrons. The van der Waals surface area contributed by atoms with Crippen molar-refractivity contribution < 1.29 is 4.39 Å². The third-order valence-electron chi connectivity index (χ3n) is 3.14. The van der Waals surface area contributed by atoms with Gasteiger partial charge >= 0.3 is 11.2 Å². The minimum Gasteiger partial charge on any atom is -0.279 e. The number of nitrogens with zero attached hydrogens (tertiary/aromatic N) is 4. The molecule has 0 aliphatic carbocycles. The van der Waals surface area contributed by atoms with E-state index in [-0.39, 0.29) is 12.2 Å². The topological polar surface area (TPSA) is 61.3 Å². The van der Waals surface area contributed by atoms with Gasteiger partial charge in [0.1, 0.15) is 12.4 Å². The zero-order valence-corrected chi connectivity index (χ0v) is 11.7. The van der Waals surface area contributed by atoms with Crippen molar-refractivity contribution in [3.05, 3.63) is 63.3 Å². The first-order chi connectivity index (χ1) is 10.6. The van der Waals surface area contributed by atoms with E-state index in [0.29, 0.717) is 5.69 Å². The van der Waals surface area contributed by atoms with Crippen LogP contribution in [0.15, 0.2) is 46.2 Å². The second kappa shape index (κ2) is 5.33. The number of hydrogen-bond acceptors (Lipinski definition) is 3. The summed E-state index contributed by atoms with van der Waals surface area (Å²) in [5.74, 6) is 4.93. The van der Waals surface area contributed by atoms with Crippen LogP contribution in [0.3, 0.4) is 0 Å². The van der Waals surface area contributed by atoms with Crippen molar-refractivity contribution in [1.29, 1.82) is 0 Å². The molecule has 0 fully saturated rings. The van der Waals surface area contributed by atoms with Gasteiger partial charge in [-0.15, -0.1) is 11.0 Å². The predicted octanol–water partition coefficient (Wildman–Crippen LogP) is 0.809. The SMILES string of the molecule is CC#CCn1nc2c(=O)n(-c3cccc(F)c3)ccn2c1=O. The molecule has 0 aliphatic rings. The lowest BCUT2D eigenvalue weighted by atomic mass is 10.3. The molecular formula is C15H11FN4O2. The highest BCUT2D eigenvalue weighted by Crippen LogP contribution is 2.07. The zero-order chi connectivity index (χ0) is 15.7. The molecule has 0 bridgehead atoms. The number of halogens is 1. The molecule has 0 spiro atoms. The Balaban J connectivity index is 2.23. The van der Waals surface area contributed by atoms with E-state index in [0.717, 1.165) is 9.08 Å². The second-order valence-electron chi connectivity index (χ2n) is 4.51. The van der Waals surface area contributed by atoms with E-state index in [1.54, 1.807) is 13.0 Å². The fourth-order valence-electron chi connectivity index (χ4n) is 2.10. The summed E-state index contributed by atoms with van der Waals surface area (Å²) in [5, 5.41) is 4.00. The molecule has 0 unspecified atom stereocenters. The summed E-state index contributed by atoms with van der Waals surface area (Å²) in [6.07, 6.45) is 2.83. The molecule has 0 saturated heterocycles. The van der Waals surface area contributed by atoms with Crippen molar-refractivity contribution in [3.63, 3.8) is 0 Å². The zero-order valence-electron chi connectivity index (χ0n) is 11.7. The smallest absolute Gasteiger partial charge is 0.279 e. The highest BCUT2D eigenvalue weighted by atomic mass is 19.1. The molecule has 7 heteroatoms. The maximum atomic E-state index is 13.3. The van der Waals surface area contributed by atoms with Crippen LogP contribution in [-0.4, -0.2) is 18.7 Å². The van der Waals surface area contributed by atoms with Crippen LogP contribution in [0.5, 0.6) is 0 Å². The largest absolute Gasteiger partial charge is 0.351 e. The minimum absolute atomic E-state index is 0.0327. The Morgan fingerprint density at radius 2 is 2.09 bits per heavy atom. The summed E-state index contributed by atoms with van der Waals surface area (Å²) in [5.41, 5.74) is -0.618. The molecule has 2 heterocycles. The predicted molar refractivity (Wildman–Crippen MR) is 78.5 cm³/mol. The van der Waals surface area contributed by atoms with Crippen molar-refractivity contribution in [3.8, 4) is 17.5 Å². The normalized spacial score (nSPS) is 10.5. The van der Waals surface area contributed by atoms with Crippen LogP contribution in [0.2, 0.25) is 0 Å². The van der Waals surface area contributed by atoms with E-state index in [4.69, 9.17) is 0 Å². The molecule has 0 aliphatic heterocycles. The third-order valence-corrected chi connectivity index (χ3v) is 3.14. The Labute approximate surface area is 124 Å². The number of aromatic nitrogens is 4. The summed E-state index contributed by atoms with van der Waals surface area (Å²) in [6.45, 7) is 1.76. The summed E-state index contributed by atoms with van der Waals surface area (Å²) >= 11 is 0. The average molecular weight is 298 g/mol. The van der Waals surface area contributed by atoms with Gasteiger partial charge in [-0.2, -0.15) is 0 Å². The molecule has 0 atom stereocenters. The van der Waals surface area contributed by atoms with Crippen molar-refractivity contribution in [2.24, 2.45) is 0 Å². The van der Waals surface area contributed by atoms with Crippen molar-refractivity contribution >= 4 is 5.65 Å². The van der Waals surface area contributed by atoms with Crippen LogP contribution in [0.1, 0.15) is 6.92 Å². The molecule has 0 amide bonds. The van der Waals surface area contributed by atoms with Crippen molar-refractivity contribution in [1.82, 2.24) is 18.7 Å². The lowest BCUT2D eigenvalue weighted by Gasteiger charge is -2.04. The Kier molecular flexibility index (Phi) is 3.35. The van der Waals surface area contributed by atoms with Gasteiger partial charge < -0.3 is 0 Å². The first-order valence-electron chi connectivity index (χ1n) is 6.48. The molecule has 1 aromatic carbocycles. The molecule has 2 aromatic heterocycles. The van der Waals surface area contributed by atoms with Gasteiger partial charge in [0.05, 0.1) is 5.69 Å². The van der Waals surface area contributed by atoms with E-state index in [1.807, 2.05) is 0 Å². The molecular weight excluding hydrogens is 287 g/mol. The lowest BCUT2D eigenvalue weighted by Crippen LogP contribution is -2.24. The first kappa shape index (κ1) is 13.8. The Morgan fingerprint density at radius 1 is 1.27 bits per heavy atom. The summed E-state index contributed by atoms with van der Waals surface area (Å²) < 4.78 is 16.8. The molecule has 3 rings (SSSR count). The van der Waals surface area contributed by atoms with Gasteiger partial charge in [0.15, 0.2) is 0 Å². The summed E-state index contributed by atoms with van der Waals surface area (Å²) in [4.78, 5) is 24.5. The highest BCUT2D eigenvalue weighted by molar-refractivity contribution is 5.40. The summed E-state index contributed by atoms with van der Waals surface area (Å²) in [6, 6.07) is 5.62. The van der Waals surface area contributed by atoms with Gasteiger partial charge in [-0.3, -0.25) is 9.36 Å². The van der Waals surface area contributed by atoms with Crippen LogP contribution in [-0.2, 0) is 6.54 Å². The van der Waals surface area contributed by atoms with Crippen LogP contribution < -0.4 is 11.2 Å². The monoisotopic (exact) mass is 298 g/mol. The quantitative estimate of drug-likeness (QED) is 0.658. The van der Waals surface area contributed by atoms with Crippen molar-refractivity contribution in [2.75, 3.05) is 0 Å². The molecule has 22 heavy (non-hydrogen) atoms. The Hall–Kier alpha value is -3.14. The Morgan fingerprint density at radius 3 is 2.82 bits per heavy atom. The number of fused-ring (bicyclic) bond motifs is 1. The molecule has 3 aromatic rings. The fraction of sp³-hybridized carbons (Fsp3) is 0.133. The van der Waals surface area contributed by atoms with Gasteiger partial charge in [-0.25, -0.2) is 18.3 Å². The van der Waals surface area contributed by atoms with Gasteiger partial charge in [0.2, 0.25) is 5.65 Å². The van der Waals surface area contributed by atoms with E-state index < -0.39 is 17.1 Å². The van der Waals surface area contributed by atoms with E-state index in [1.165, 1.54) is 35.2 Å². The number of benzene rings is 1. The van der Waals surface area contributed by atoms with Crippen LogP contribution >= 0.6 is 0 Å². The van der Waals surface area contributed by atoms with Gasteiger partial charge in [-0.1, -0.05) is 12.0 Å². The standard InChI is InChI=1S/C15H11FN4O2/c1-2-3-7-20-15(22)19-9-8-18(14(21)13(19)17-20)12-6-4-5-11(16)10-12/h4-6,8-10H,7H2,1H3.